The monoisotopic (exact) mass is 524 g/mol. The molecule has 0 aliphatic heterocycles. The van der Waals surface area contributed by atoms with Crippen LogP contribution in [-0.2, 0) is 11.8 Å². The van der Waals surface area contributed by atoms with E-state index in [2.05, 4.69) is 15.9 Å². The van der Waals surface area contributed by atoms with Gasteiger partial charge in [0.2, 0.25) is 0 Å². The van der Waals surface area contributed by atoms with Crippen LogP contribution in [0.5, 0.6) is 11.5 Å². The molecule has 0 bridgehead atoms. The first kappa shape index (κ1) is 24.0. The molecule has 0 atom stereocenters. The minimum atomic E-state index is -6.43. The van der Waals surface area contributed by atoms with Crippen LogP contribution in [-0.4, -0.2) is 11.8 Å². The molecule has 0 amide bonds. The molecule has 32 heavy (non-hydrogen) atoms. The molecular weight excluding hydrogens is 512 g/mol. The van der Waals surface area contributed by atoms with Gasteiger partial charge in [0.1, 0.15) is 11.5 Å². The molecule has 170 valence electrons. The van der Waals surface area contributed by atoms with Crippen molar-refractivity contribution in [2.24, 2.45) is 0 Å². The van der Waals surface area contributed by atoms with E-state index in [1.54, 1.807) is 18.2 Å². The predicted octanol–water partition coefficient (Wildman–Crippen LogP) is 8.40. The minimum Gasteiger partial charge on any atom is -0.457 e. The lowest BCUT2D eigenvalue weighted by Crippen LogP contribution is -2.59. The number of alkyl halides is 8. The third-order valence-electron chi connectivity index (χ3n) is 4.59. The molecule has 3 rings (SSSR count). The van der Waals surface area contributed by atoms with Crippen molar-refractivity contribution in [3.05, 3.63) is 94.5 Å². The average molecular weight is 525 g/mol. The number of halogens is 9. The molecule has 0 radical (unpaired) electrons. The highest BCUT2D eigenvalue weighted by atomic mass is 79.9. The number of hydrogen-bond donors (Lipinski definition) is 0. The second-order valence-electron chi connectivity index (χ2n) is 6.74. The van der Waals surface area contributed by atoms with Crippen molar-refractivity contribution in [1.29, 1.82) is 0 Å². The van der Waals surface area contributed by atoms with E-state index in [4.69, 9.17) is 4.74 Å². The lowest BCUT2D eigenvalue weighted by molar-refractivity contribution is -0.374. The van der Waals surface area contributed by atoms with Gasteiger partial charge >= 0.3 is 23.7 Å². The summed E-state index contributed by atoms with van der Waals surface area (Å²) in [5, 5.41) is 0. The van der Waals surface area contributed by atoms with E-state index in [-0.39, 0.29) is 10.2 Å². The maximum absolute atomic E-state index is 14.5. The maximum Gasteiger partial charge on any atom is 0.382 e. The van der Waals surface area contributed by atoms with Gasteiger partial charge in [0, 0.05) is 15.6 Å². The van der Waals surface area contributed by atoms with Gasteiger partial charge in [-0.1, -0.05) is 46.3 Å². The molecule has 3 aromatic rings. The zero-order valence-corrected chi connectivity index (χ0v) is 17.4. The Morgan fingerprint density at radius 2 is 0.875 bits per heavy atom. The maximum atomic E-state index is 14.5. The molecule has 0 aliphatic carbocycles. The van der Waals surface area contributed by atoms with Gasteiger partial charge in [0.25, 0.3) is 0 Å². The summed E-state index contributed by atoms with van der Waals surface area (Å²) in [7, 11) is 0. The van der Waals surface area contributed by atoms with Crippen molar-refractivity contribution >= 4 is 15.9 Å². The van der Waals surface area contributed by atoms with Gasteiger partial charge in [-0.2, -0.15) is 35.1 Å². The van der Waals surface area contributed by atoms with Crippen LogP contribution < -0.4 is 4.74 Å². The highest BCUT2D eigenvalue weighted by Gasteiger charge is 2.81. The summed E-state index contributed by atoms with van der Waals surface area (Å²) in [6.07, 6.45) is 0. The molecule has 0 fully saturated rings. The van der Waals surface area contributed by atoms with E-state index in [0.29, 0.717) is 30.0 Å². The highest BCUT2D eigenvalue weighted by Crippen LogP contribution is 2.59. The zero-order chi connectivity index (χ0) is 23.8. The Hall–Kier alpha value is -2.62. The Morgan fingerprint density at radius 1 is 0.500 bits per heavy atom. The van der Waals surface area contributed by atoms with Gasteiger partial charge < -0.3 is 4.74 Å². The third kappa shape index (κ3) is 4.07. The summed E-state index contributed by atoms with van der Waals surface area (Å²) in [5.74, 6) is -23.8. The summed E-state index contributed by atoms with van der Waals surface area (Å²) >= 11 is 2.88. The Balaban J connectivity index is 1.92. The summed E-state index contributed by atoms with van der Waals surface area (Å²) in [5.41, 5.74) is -3.11. The topological polar surface area (TPSA) is 9.23 Å². The molecule has 1 nitrogen and oxygen atoms in total. The van der Waals surface area contributed by atoms with Crippen LogP contribution in [0.2, 0.25) is 0 Å². The van der Waals surface area contributed by atoms with Crippen molar-refractivity contribution in [2.75, 3.05) is 0 Å². The Kier molecular flexibility index (Phi) is 6.29. The van der Waals surface area contributed by atoms with Gasteiger partial charge in [-0.15, -0.1) is 0 Å². The molecule has 0 spiro atoms. The molecule has 0 N–H and O–H groups in total. The fraction of sp³-hybridized carbons (Fsp3) is 0.182. The van der Waals surface area contributed by atoms with E-state index in [1.807, 2.05) is 0 Å². The standard InChI is InChI=1S/C22H13BrF8O/c23-16-10-6-14(7-11-16)19(24,25)21(28,29)22(30,31)20(26,27)15-8-12-18(13-9-15)32-17-4-2-1-3-5-17/h1-13H. The number of benzene rings is 3. The molecule has 0 aromatic heterocycles. The number of hydrogen-bond acceptors (Lipinski definition) is 1. The van der Waals surface area contributed by atoms with Crippen molar-refractivity contribution < 1.29 is 39.9 Å². The second kappa shape index (κ2) is 8.38. The first-order valence-electron chi connectivity index (χ1n) is 8.91. The first-order valence-corrected chi connectivity index (χ1v) is 9.71. The molecule has 10 heteroatoms. The highest BCUT2D eigenvalue weighted by molar-refractivity contribution is 9.10. The van der Waals surface area contributed by atoms with E-state index in [9.17, 15) is 35.1 Å². The molecule has 0 saturated carbocycles. The van der Waals surface area contributed by atoms with Crippen LogP contribution >= 0.6 is 15.9 Å². The fourth-order valence-corrected chi connectivity index (χ4v) is 3.04. The Morgan fingerprint density at radius 3 is 1.31 bits per heavy atom. The van der Waals surface area contributed by atoms with Crippen molar-refractivity contribution in [3.8, 4) is 11.5 Å². The smallest absolute Gasteiger partial charge is 0.382 e. The number of para-hydroxylation sites is 1. The van der Waals surface area contributed by atoms with E-state index < -0.39 is 34.8 Å². The fourth-order valence-electron chi connectivity index (χ4n) is 2.77. The van der Waals surface area contributed by atoms with Crippen LogP contribution in [0.15, 0.2) is 83.3 Å². The van der Waals surface area contributed by atoms with Gasteiger partial charge in [-0.05, 0) is 48.5 Å². The van der Waals surface area contributed by atoms with Gasteiger partial charge in [0.15, 0.2) is 0 Å². The van der Waals surface area contributed by atoms with Gasteiger partial charge in [-0.3, -0.25) is 0 Å². The molecule has 0 unspecified atom stereocenters. The summed E-state index contributed by atoms with van der Waals surface area (Å²) in [6.45, 7) is 0. The summed E-state index contributed by atoms with van der Waals surface area (Å²) < 4.78 is 120. The molecule has 0 aliphatic rings. The Bertz CT molecular complexity index is 1050. The van der Waals surface area contributed by atoms with Gasteiger partial charge in [0.05, 0.1) is 0 Å². The lowest BCUT2D eigenvalue weighted by Gasteiger charge is -2.37. The molecule has 0 heterocycles. The van der Waals surface area contributed by atoms with E-state index in [1.165, 1.54) is 12.1 Å². The molecular formula is C22H13BrF8O. The molecule has 0 saturated heterocycles. The zero-order valence-electron chi connectivity index (χ0n) is 15.8. The van der Waals surface area contributed by atoms with Crippen LogP contribution in [0, 0.1) is 0 Å². The first-order chi connectivity index (χ1) is 14.8. The van der Waals surface area contributed by atoms with Crippen LogP contribution in [0.25, 0.3) is 0 Å². The van der Waals surface area contributed by atoms with Crippen molar-refractivity contribution in [1.82, 2.24) is 0 Å². The predicted molar refractivity (Wildman–Crippen MR) is 105 cm³/mol. The average Bonchev–Trinajstić information content (AvgIpc) is 2.75. The number of rotatable bonds is 7. The normalized spacial score (nSPS) is 13.2. The van der Waals surface area contributed by atoms with Crippen LogP contribution in [0.1, 0.15) is 11.1 Å². The quantitative estimate of drug-likeness (QED) is 0.282. The minimum absolute atomic E-state index is 0.0500. The van der Waals surface area contributed by atoms with E-state index >= 15 is 0 Å². The largest absolute Gasteiger partial charge is 0.457 e. The Labute approximate surface area is 185 Å². The number of ether oxygens (including phenoxy) is 1. The van der Waals surface area contributed by atoms with Crippen LogP contribution in [0.3, 0.4) is 0 Å². The summed E-state index contributed by atoms with van der Waals surface area (Å²) in [4.78, 5) is 0. The van der Waals surface area contributed by atoms with Crippen LogP contribution in [0.4, 0.5) is 35.1 Å². The SMILES string of the molecule is FC(F)(c1ccc(Br)cc1)C(F)(F)C(F)(F)C(F)(F)c1ccc(Oc2ccccc2)cc1. The van der Waals surface area contributed by atoms with Crippen molar-refractivity contribution in [3.63, 3.8) is 0 Å². The van der Waals surface area contributed by atoms with Crippen molar-refractivity contribution in [2.45, 2.75) is 23.7 Å². The van der Waals surface area contributed by atoms with Gasteiger partial charge in [-0.25, -0.2) is 0 Å². The third-order valence-corrected chi connectivity index (χ3v) is 5.11. The van der Waals surface area contributed by atoms with E-state index in [0.717, 1.165) is 24.3 Å². The lowest BCUT2D eigenvalue weighted by atomic mass is 9.90. The second-order valence-corrected chi connectivity index (χ2v) is 7.66. The molecule has 3 aromatic carbocycles. The summed E-state index contributed by atoms with van der Waals surface area (Å²) in [6, 6.07) is 13.2.